The van der Waals surface area contributed by atoms with Crippen molar-refractivity contribution in [3.05, 3.63) is 82.4 Å². The number of hydrogen-bond donors (Lipinski definition) is 1. The number of carbonyl (C=O) groups excluding carboxylic acids is 2. The van der Waals surface area contributed by atoms with E-state index < -0.39 is 12.0 Å². The maximum Gasteiger partial charge on any atom is 0.338 e. The molecule has 1 N–H and O–H groups in total. The Morgan fingerprint density at radius 2 is 1.84 bits per heavy atom. The molecule has 0 unspecified atom stereocenters. The Morgan fingerprint density at radius 3 is 2.49 bits per heavy atom. The first-order valence-corrected chi connectivity index (χ1v) is 13.1. The topological polar surface area (TPSA) is 83.5 Å². The van der Waals surface area contributed by atoms with E-state index in [1.165, 1.54) is 11.8 Å². The zero-order valence-corrected chi connectivity index (χ0v) is 22.4. The Morgan fingerprint density at radius 1 is 1.11 bits per heavy atom. The third kappa shape index (κ3) is 6.06. The number of amides is 1. The standard InChI is InChI=1S/C28H32N4O4S/c1-5-36-27(34)24-25(19-9-7-6-8-10-19)30-28-32(26(24)20-11-13-22(35-4)14-12-20)21(18-37-28)17-23(33)29-15-16-31(2)3/h6-14,18,26H,5,15-17H2,1-4H3,(H,29,33)/t26-/m1/s1. The van der Waals surface area contributed by atoms with Gasteiger partial charge in [-0.1, -0.05) is 54.2 Å². The second-order valence-corrected chi connectivity index (χ2v) is 9.68. The quantitative estimate of drug-likeness (QED) is 0.474. The zero-order valence-electron chi connectivity index (χ0n) is 21.6. The summed E-state index contributed by atoms with van der Waals surface area (Å²) in [5, 5.41) is 5.63. The minimum Gasteiger partial charge on any atom is -0.497 e. The highest BCUT2D eigenvalue weighted by Gasteiger charge is 2.42. The summed E-state index contributed by atoms with van der Waals surface area (Å²) in [6.07, 6.45) is 0.170. The van der Waals surface area contributed by atoms with Gasteiger partial charge in [0.2, 0.25) is 5.91 Å². The number of aliphatic imine (C=N–C) groups is 1. The van der Waals surface area contributed by atoms with E-state index in [0.717, 1.165) is 23.4 Å². The number of benzene rings is 2. The number of rotatable bonds is 10. The van der Waals surface area contributed by atoms with Crippen molar-refractivity contribution in [3.63, 3.8) is 0 Å². The van der Waals surface area contributed by atoms with Crippen molar-refractivity contribution < 1.29 is 19.1 Å². The van der Waals surface area contributed by atoms with Gasteiger partial charge in [-0.15, -0.1) is 0 Å². The van der Waals surface area contributed by atoms with E-state index in [1.807, 2.05) is 83.9 Å². The predicted octanol–water partition coefficient (Wildman–Crippen LogP) is 4.04. The molecule has 8 nitrogen and oxygen atoms in total. The number of nitrogens with one attached hydrogen (secondary N) is 1. The summed E-state index contributed by atoms with van der Waals surface area (Å²) in [5.41, 5.74) is 3.48. The molecule has 0 aromatic heterocycles. The molecule has 0 radical (unpaired) electrons. The van der Waals surface area contributed by atoms with E-state index >= 15 is 0 Å². The first-order chi connectivity index (χ1) is 17.9. The van der Waals surface area contributed by atoms with Crippen molar-refractivity contribution >= 4 is 34.5 Å². The zero-order chi connectivity index (χ0) is 26.4. The van der Waals surface area contributed by atoms with Crippen LogP contribution in [-0.4, -0.2) is 67.7 Å². The number of amidine groups is 1. The summed E-state index contributed by atoms with van der Waals surface area (Å²) < 4.78 is 10.9. The molecule has 4 rings (SSSR count). The van der Waals surface area contributed by atoms with Gasteiger partial charge in [0, 0.05) is 24.4 Å². The van der Waals surface area contributed by atoms with Crippen LogP contribution in [0.25, 0.3) is 5.70 Å². The second-order valence-electron chi connectivity index (χ2n) is 8.85. The molecule has 2 heterocycles. The summed E-state index contributed by atoms with van der Waals surface area (Å²) >= 11 is 1.45. The minimum atomic E-state index is -0.525. The molecule has 1 atom stereocenters. The van der Waals surface area contributed by atoms with Gasteiger partial charge in [0.05, 0.1) is 37.4 Å². The fourth-order valence-electron chi connectivity index (χ4n) is 4.24. The highest BCUT2D eigenvalue weighted by molar-refractivity contribution is 8.16. The van der Waals surface area contributed by atoms with Gasteiger partial charge in [-0.3, -0.25) is 4.79 Å². The molecule has 0 aliphatic carbocycles. The molecular weight excluding hydrogens is 488 g/mol. The molecule has 2 aromatic rings. The van der Waals surface area contributed by atoms with Gasteiger partial charge >= 0.3 is 5.97 Å². The van der Waals surface area contributed by atoms with E-state index in [9.17, 15) is 9.59 Å². The van der Waals surface area contributed by atoms with E-state index in [4.69, 9.17) is 14.5 Å². The molecule has 37 heavy (non-hydrogen) atoms. The SMILES string of the molecule is CCOC(=O)C1=C(c2ccccc2)N=C2SC=C(CC(=O)NCCN(C)C)N2[C@@H]1c1ccc(OC)cc1. The average Bonchev–Trinajstić information content (AvgIpc) is 3.30. The number of ether oxygens (including phenoxy) is 2. The lowest BCUT2D eigenvalue weighted by Gasteiger charge is -2.36. The van der Waals surface area contributed by atoms with Crippen LogP contribution < -0.4 is 10.1 Å². The van der Waals surface area contributed by atoms with Gasteiger partial charge in [-0.05, 0) is 44.1 Å². The molecule has 2 aliphatic rings. The van der Waals surface area contributed by atoms with Crippen molar-refractivity contribution in [2.24, 2.45) is 4.99 Å². The van der Waals surface area contributed by atoms with Gasteiger partial charge in [0.15, 0.2) is 5.17 Å². The third-order valence-corrected chi connectivity index (χ3v) is 6.90. The largest absolute Gasteiger partial charge is 0.497 e. The number of hydrogen-bond acceptors (Lipinski definition) is 8. The number of methoxy groups -OCH3 is 1. The summed E-state index contributed by atoms with van der Waals surface area (Å²) in [6, 6.07) is 16.7. The Hall–Kier alpha value is -3.56. The summed E-state index contributed by atoms with van der Waals surface area (Å²) in [4.78, 5) is 35.2. The lowest BCUT2D eigenvalue weighted by molar-refractivity contribution is -0.139. The number of esters is 1. The van der Waals surface area contributed by atoms with E-state index in [2.05, 4.69) is 5.32 Å². The molecule has 0 saturated heterocycles. The maximum atomic E-state index is 13.5. The van der Waals surface area contributed by atoms with Crippen LogP contribution in [0.15, 0.2) is 76.3 Å². The molecule has 0 fully saturated rings. The van der Waals surface area contributed by atoms with Crippen molar-refractivity contribution in [2.45, 2.75) is 19.4 Å². The fourth-order valence-corrected chi connectivity index (χ4v) is 5.15. The summed E-state index contributed by atoms with van der Waals surface area (Å²) in [7, 11) is 5.54. The Labute approximate surface area is 222 Å². The first kappa shape index (κ1) is 26.5. The molecule has 194 valence electrons. The minimum absolute atomic E-state index is 0.0843. The summed E-state index contributed by atoms with van der Waals surface area (Å²) in [5.74, 6) is 0.195. The van der Waals surface area contributed by atoms with Gasteiger partial charge in [0.25, 0.3) is 0 Å². The molecule has 0 bridgehead atoms. The lowest BCUT2D eigenvalue weighted by Crippen LogP contribution is -2.38. The molecule has 0 spiro atoms. The number of thioether (sulfide) groups is 1. The molecular formula is C28H32N4O4S. The first-order valence-electron chi connectivity index (χ1n) is 12.2. The Balaban J connectivity index is 1.77. The molecule has 9 heteroatoms. The number of nitrogens with zero attached hydrogens (tertiary/aromatic N) is 3. The van der Waals surface area contributed by atoms with Gasteiger partial charge < -0.3 is 24.6 Å². The molecule has 1 amide bonds. The highest BCUT2D eigenvalue weighted by atomic mass is 32.2. The Kier molecular flexibility index (Phi) is 8.68. The Bertz CT molecular complexity index is 1220. The van der Waals surface area contributed by atoms with Crippen LogP contribution >= 0.6 is 11.8 Å². The van der Waals surface area contributed by atoms with Crippen molar-refractivity contribution in [2.75, 3.05) is 40.9 Å². The second kappa shape index (κ2) is 12.1. The van der Waals surface area contributed by atoms with Crippen LogP contribution in [0.2, 0.25) is 0 Å². The monoisotopic (exact) mass is 520 g/mol. The lowest BCUT2D eigenvalue weighted by atomic mass is 9.91. The van der Waals surface area contributed by atoms with Crippen LogP contribution in [0, 0.1) is 0 Å². The molecule has 0 saturated carbocycles. The number of likely N-dealkylation sites (N-methyl/N-ethyl adjacent to an activating group) is 1. The van der Waals surface area contributed by atoms with Crippen molar-refractivity contribution in [3.8, 4) is 5.75 Å². The van der Waals surface area contributed by atoms with Gasteiger partial charge in [-0.2, -0.15) is 0 Å². The summed E-state index contributed by atoms with van der Waals surface area (Å²) in [6.45, 7) is 3.33. The van der Waals surface area contributed by atoms with E-state index in [1.54, 1.807) is 14.0 Å². The van der Waals surface area contributed by atoms with E-state index in [0.29, 0.717) is 28.7 Å². The van der Waals surface area contributed by atoms with Crippen molar-refractivity contribution in [1.82, 2.24) is 15.1 Å². The van der Waals surface area contributed by atoms with Crippen LogP contribution in [0.4, 0.5) is 0 Å². The van der Waals surface area contributed by atoms with Crippen LogP contribution in [0.5, 0.6) is 5.75 Å². The van der Waals surface area contributed by atoms with Crippen LogP contribution in [0.3, 0.4) is 0 Å². The van der Waals surface area contributed by atoms with Gasteiger partial charge in [0.1, 0.15) is 5.75 Å². The van der Waals surface area contributed by atoms with Gasteiger partial charge in [-0.25, -0.2) is 9.79 Å². The predicted molar refractivity (Wildman–Crippen MR) is 147 cm³/mol. The highest BCUT2D eigenvalue weighted by Crippen LogP contribution is 2.47. The van der Waals surface area contributed by atoms with Crippen LogP contribution in [-0.2, 0) is 14.3 Å². The van der Waals surface area contributed by atoms with Crippen molar-refractivity contribution in [1.29, 1.82) is 0 Å². The fraction of sp³-hybridized carbons (Fsp3) is 0.321. The number of carbonyl (C=O) groups is 2. The smallest absolute Gasteiger partial charge is 0.338 e. The normalized spacial score (nSPS) is 16.8. The maximum absolute atomic E-state index is 13.5. The molecule has 2 aliphatic heterocycles. The third-order valence-electron chi connectivity index (χ3n) is 6.01. The number of fused-ring (bicyclic) bond motifs is 1. The van der Waals surface area contributed by atoms with E-state index in [-0.39, 0.29) is 18.9 Å². The molecule has 2 aromatic carbocycles. The average molecular weight is 521 g/mol. The van der Waals surface area contributed by atoms with Crippen LogP contribution in [0.1, 0.15) is 30.5 Å².